The zero-order valence-corrected chi connectivity index (χ0v) is 9.80. The summed E-state index contributed by atoms with van der Waals surface area (Å²) in [5.41, 5.74) is -0.816. The molecule has 2 rings (SSSR count). The van der Waals surface area contributed by atoms with Crippen LogP contribution in [0.15, 0.2) is 15.8 Å². The smallest absolute Gasteiger partial charge is 0.325 e. The third kappa shape index (κ3) is 2.92. The summed E-state index contributed by atoms with van der Waals surface area (Å²) >= 11 is 5.16. The summed E-state index contributed by atoms with van der Waals surface area (Å²) in [6.45, 7) is 2.60. The first-order valence-electron chi connectivity index (χ1n) is 5.12. The van der Waals surface area contributed by atoms with E-state index in [0.717, 1.165) is 0 Å². The fourth-order valence-corrected chi connectivity index (χ4v) is 1.76. The molecule has 0 aromatic carbocycles. The van der Waals surface area contributed by atoms with E-state index >= 15 is 0 Å². The van der Waals surface area contributed by atoms with Crippen molar-refractivity contribution in [3.63, 3.8) is 0 Å². The van der Waals surface area contributed by atoms with Crippen molar-refractivity contribution >= 4 is 23.0 Å². The van der Waals surface area contributed by atoms with Crippen LogP contribution in [0, 0.1) is 0 Å². The Kier molecular flexibility index (Phi) is 3.55. The van der Waals surface area contributed by atoms with Gasteiger partial charge >= 0.3 is 5.69 Å². The Bertz CT molecular complexity index is 517. The largest absolute Gasteiger partial charge is 0.378 e. The van der Waals surface area contributed by atoms with Gasteiger partial charge in [0.15, 0.2) is 5.11 Å². The van der Waals surface area contributed by atoms with Crippen LogP contribution in [-0.4, -0.2) is 46.3 Å². The minimum absolute atomic E-state index is 0.223. The summed E-state index contributed by atoms with van der Waals surface area (Å²) in [5.74, 6) is 0. The molecular formula is C9H12N4O3S. The maximum Gasteiger partial charge on any atom is 0.325 e. The molecule has 1 aliphatic heterocycles. The fourth-order valence-electron chi connectivity index (χ4n) is 1.46. The van der Waals surface area contributed by atoms with Crippen LogP contribution in [0.1, 0.15) is 0 Å². The number of ether oxygens (including phenoxy) is 1. The number of hydrogen-bond acceptors (Lipinski definition) is 4. The molecule has 0 saturated carbocycles. The van der Waals surface area contributed by atoms with Gasteiger partial charge in [0.25, 0.3) is 5.56 Å². The molecule has 0 atom stereocenters. The van der Waals surface area contributed by atoms with E-state index in [0.29, 0.717) is 31.4 Å². The van der Waals surface area contributed by atoms with Crippen molar-refractivity contribution < 1.29 is 4.74 Å². The molecule has 0 unspecified atom stereocenters. The molecular weight excluding hydrogens is 244 g/mol. The molecule has 3 N–H and O–H groups in total. The predicted molar refractivity (Wildman–Crippen MR) is 66.3 cm³/mol. The molecule has 0 spiro atoms. The van der Waals surface area contributed by atoms with E-state index in [9.17, 15) is 9.59 Å². The molecule has 1 aliphatic rings. The number of rotatable bonds is 1. The molecule has 17 heavy (non-hydrogen) atoms. The maximum atomic E-state index is 11.4. The molecule has 7 nitrogen and oxygen atoms in total. The van der Waals surface area contributed by atoms with Gasteiger partial charge in [-0.2, -0.15) is 0 Å². The lowest BCUT2D eigenvalue weighted by molar-refractivity contribution is 0.0690. The van der Waals surface area contributed by atoms with E-state index in [-0.39, 0.29) is 5.69 Å². The van der Waals surface area contributed by atoms with Crippen LogP contribution in [0.25, 0.3) is 0 Å². The van der Waals surface area contributed by atoms with Crippen LogP contribution in [0.2, 0.25) is 0 Å². The molecule has 1 fully saturated rings. The highest BCUT2D eigenvalue weighted by Gasteiger charge is 2.14. The number of morpholine rings is 1. The first kappa shape index (κ1) is 11.8. The zero-order chi connectivity index (χ0) is 12.3. The van der Waals surface area contributed by atoms with Gasteiger partial charge < -0.3 is 19.9 Å². The highest BCUT2D eigenvalue weighted by Crippen LogP contribution is 2.01. The number of nitrogens with one attached hydrogen (secondary N) is 3. The summed E-state index contributed by atoms with van der Waals surface area (Å²) < 4.78 is 5.20. The van der Waals surface area contributed by atoms with Crippen molar-refractivity contribution in [3.05, 3.63) is 27.0 Å². The second-order valence-electron chi connectivity index (χ2n) is 3.52. The molecule has 0 aliphatic carbocycles. The minimum Gasteiger partial charge on any atom is -0.378 e. The standard InChI is InChI=1S/C9H12N4O3S/c14-7-6(5-10-8(15)12-7)11-9(17)13-1-3-16-4-2-13/h5H,1-4H2,(H,11,17)(H2,10,12,14,15). The van der Waals surface area contributed by atoms with Crippen molar-refractivity contribution in [2.45, 2.75) is 0 Å². The molecule has 0 amide bonds. The Labute approximate surface area is 102 Å². The molecule has 8 heteroatoms. The normalized spacial score (nSPS) is 15.6. The first-order valence-corrected chi connectivity index (χ1v) is 5.53. The van der Waals surface area contributed by atoms with Gasteiger partial charge in [0.1, 0.15) is 5.69 Å². The maximum absolute atomic E-state index is 11.4. The summed E-state index contributed by atoms with van der Waals surface area (Å²) in [6, 6.07) is 0. The van der Waals surface area contributed by atoms with Crippen LogP contribution < -0.4 is 16.6 Å². The van der Waals surface area contributed by atoms with Gasteiger partial charge in [-0.05, 0) is 12.2 Å². The predicted octanol–water partition coefficient (Wildman–Crippen LogP) is -0.908. The third-order valence-electron chi connectivity index (χ3n) is 2.36. The Morgan fingerprint density at radius 3 is 2.76 bits per heavy atom. The number of aromatic amines is 2. The molecule has 2 heterocycles. The summed E-state index contributed by atoms with van der Waals surface area (Å²) in [6.07, 6.45) is 1.30. The molecule has 1 saturated heterocycles. The number of anilines is 1. The summed E-state index contributed by atoms with van der Waals surface area (Å²) in [5, 5.41) is 3.24. The lowest BCUT2D eigenvalue weighted by atomic mass is 10.4. The van der Waals surface area contributed by atoms with Crippen LogP contribution in [-0.2, 0) is 4.74 Å². The van der Waals surface area contributed by atoms with Crippen LogP contribution >= 0.6 is 12.2 Å². The molecule has 0 radical (unpaired) electrons. The monoisotopic (exact) mass is 256 g/mol. The number of aromatic nitrogens is 2. The van der Waals surface area contributed by atoms with Gasteiger partial charge in [0.2, 0.25) is 0 Å². The Morgan fingerprint density at radius 1 is 1.41 bits per heavy atom. The van der Waals surface area contributed by atoms with Gasteiger partial charge in [-0.1, -0.05) is 0 Å². The highest BCUT2D eigenvalue weighted by molar-refractivity contribution is 7.80. The van der Waals surface area contributed by atoms with E-state index < -0.39 is 11.2 Å². The fraction of sp³-hybridized carbons (Fsp3) is 0.444. The van der Waals surface area contributed by atoms with E-state index in [1.807, 2.05) is 4.90 Å². The zero-order valence-electron chi connectivity index (χ0n) is 8.99. The minimum atomic E-state index is -0.544. The van der Waals surface area contributed by atoms with Crippen molar-refractivity contribution in [3.8, 4) is 0 Å². The van der Waals surface area contributed by atoms with Gasteiger partial charge in [-0.3, -0.25) is 9.78 Å². The molecule has 1 aromatic rings. The molecule has 92 valence electrons. The molecule has 1 aromatic heterocycles. The van der Waals surface area contributed by atoms with Gasteiger partial charge in [0.05, 0.1) is 13.2 Å². The molecule has 0 bridgehead atoms. The second kappa shape index (κ2) is 5.11. The van der Waals surface area contributed by atoms with Crippen LogP contribution in [0.4, 0.5) is 5.69 Å². The van der Waals surface area contributed by atoms with Crippen LogP contribution in [0.3, 0.4) is 0 Å². The van der Waals surface area contributed by atoms with Crippen molar-refractivity contribution in [2.24, 2.45) is 0 Å². The average molecular weight is 256 g/mol. The quantitative estimate of drug-likeness (QED) is 0.564. The first-order chi connectivity index (χ1) is 8.16. The van der Waals surface area contributed by atoms with Gasteiger partial charge in [0, 0.05) is 19.3 Å². The van der Waals surface area contributed by atoms with Crippen molar-refractivity contribution in [2.75, 3.05) is 31.6 Å². The SMILES string of the molecule is O=c1[nH]cc(NC(=S)N2CCOCC2)c(=O)[nH]1. The van der Waals surface area contributed by atoms with Crippen molar-refractivity contribution in [1.29, 1.82) is 0 Å². The summed E-state index contributed by atoms with van der Waals surface area (Å²) in [4.78, 5) is 28.6. The Balaban J connectivity index is 2.07. The lowest BCUT2D eigenvalue weighted by Gasteiger charge is -2.29. The van der Waals surface area contributed by atoms with Gasteiger partial charge in [-0.15, -0.1) is 0 Å². The topological polar surface area (TPSA) is 90.2 Å². The second-order valence-corrected chi connectivity index (χ2v) is 3.90. The number of H-pyrrole nitrogens is 2. The van der Waals surface area contributed by atoms with Crippen LogP contribution in [0.5, 0.6) is 0 Å². The summed E-state index contributed by atoms with van der Waals surface area (Å²) in [7, 11) is 0. The highest BCUT2D eigenvalue weighted by atomic mass is 32.1. The van der Waals surface area contributed by atoms with E-state index in [4.69, 9.17) is 17.0 Å². The average Bonchev–Trinajstić information content (AvgIpc) is 2.34. The third-order valence-corrected chi connectivity index (χ3v) is 2.72. The number of thiocarbonyl (C=S) groups is 1. The van der Waals surface area contributed by atoms with E-state index in [2.05, 4.69) is 15.3 Å². The number of hydrogen-bond donors (Lipinski definition) is 3. The number of nitrogens with zero attached hydrogens (tertiary/aromatic N) is 1. The lowest BCUT2D eigenvalue weighted by Crippen LogP contribution is -2.43. The van der Waals surface area contributed by atoms with E-state index in [1.165, 1.54) is 6.20 Å². The van der Waals surface area contributed by atoms with Gasteiger partial charge in [-0.25, -0.2) is 4.79 Å². The Morgan fingerprint density at radius 2 is 2.12 bits per heavy atom. The van der Waals surface area contributed by atoms with Crippen molar-refractivity contribution in [1.82, 2.24) is 14.9 Å². The van der Waals surface area contributed by atoms with E-state index in [1.54, 1.807) is 0 Å². The Hall–Kier alpha value is -1.67.